The topological polar surface area (TPSA) is 29.5 Å². The van der Waals surface area contributed by atoms with Gasteiger partial charge < -0.3 is 9.84 Å². The molecule has 2 nitrogen and oxygen atoms in total. The Hall–Kier alpha value is -1.10. The normalized spacial score (nSPS) is 12.3. The van der Waals surface area contributed by atoms with Crippen LogP contribution in [0.1, 0.15) is 18.6 Å². The van der Waals surface area contributed by atoms with E-state index in [9.17, 15) is 9.50 Å². The lowest BCUT2D eigenvalue weighted by Gasteiger charge is -2.11. The van der Waals surface area contributed by atoms with Gasteiger partial charge in [0.15, 0.2) is 0 Å². The number of benzene rings is 2. The quantitative estimate of drug-likeness (QED) is 0.840. The lowest BCUT2D eigenvalue weighted by molar-refractivity contribution is 0.198. The van der Waals surface area contributed by atoms with E-state index in [1.54, 1.807) is 31.2 Å². The Bertz CT molecular complexity index is 602. The molecule has 1 N–H and O–H groups in total. The van der Waals surface area contributed by atoms with Crippen LogP contribution in [-0.4, -0.2) is 5.11 Å². The molecule has 0 saturated carbocycles. The molecule has 0 aliphatic carbocycles. The SMILES string of the molecule is C[C@H](O)c1ccc(Oc2ccc(Cl)c(F)c2)cc1Br. The minimum absolute atomic E-state index is 0.0537. The highest BCUT2D eigenvalue weighted by molar-refractivity contribution is 9.10. The van der Waals surface area contributed by atoms with E-state index < -0.39 is 11.9 Å². The summed E-state index contributed by atoms with van der Waals surface area (Å²) in [5.74, 6) is 0.371. The van der Waals surface area contributed by atoms with Crippen molar-refractivity contribution in [1.82, 2.24) is 0 Å². The Balaban J connectivity index is 2.24. The molecule has 2 aromatic rings. The summed E-state index contributed by atoms with van der Waals surface area (Å²) in [5, 5.41) is 9.57. The summed E-state index contributed by atoms with van der Waals surface area (Å²) in [6.07, 6.45) is -0.573. The van der Waals surface area contributed by atoms with Crippen molar-refractivity contribution in [2.24, 2.45) is 0 Å². The summed E-state index contributed by atoms with van der Waals surface area (Å²) in [6, 6.07) is 9.41. The number of hydrogen-bond acceptors (Lipinski definition) is 2. The number of rotatable bonds is 3. The Labute approximate surface area is 123 Å². The van der Waals surface area contributed by atoms with Crippen LogP contribution < -0.4 is 4.74 Å². The first-order valence-corrected chi connectivity index (χ1v) is 6.75. The van der Waals surface area contributed by atoms with Gasteiger partial charge in [0.25, 0.3) is 0 Å². The zero-order valence-corrected chi connectivity index (χ0v) is 12.4. The van der Waals surface area contributed by atoms with E-state index in [1.807, 2.05) is 0 Å². The first kappa shape index (κ1) is 14.3. The highest BCUT2D eigenvalue weighted by Gasteiger charge is 2.08. The molecule has 0 aliphatic heterocycles. The molecule has 0 heterocycles. The van der Waals surface area contributed by atoms with Gasteiger partial charge in [-0.3, -0.25) is 0 Å². The molecule has 0 bridgehead atoms. The number of halogens is 3. The number of ether oxygens (including phenoxy) is 1. The lowest BCUT2D eigenvalue weighted by Crippen LogP contribution is -1.93. The second kappa shape index (κ2) is 5.90. The zero-order chi connectivity index (χ0) is 14.0. The summed E-state index contributed by atoms with van der Waals surface area (Å²) in [4.78, 5) is 0. The summed E-state index contributed by atoms with van der Waals surface area (Å²) in [6.45, 7) is 1.68. The summed E-state index contributed by atoms with van der Waals surface area (Å²) >= 11 is 8.95. The van der Waals surface area contributed by atoms with Gasteiger partial charge in [0.2, 0.25) is 0 Å². The van der Waals surface area contributed by atoms with Crippen LogP contribution in [0.5, 0.6) is 11.5 Å². The van der Waals surface area contributed by atoms with Gasteiger partial charge in [0, 0.05) is 10.5 Å². The molecular formula is C14H11BrClFO2. The molecule has 0 aromatic heterocycles. The van der Waals surface area contributed by atoms with Crippen LogP contribution in [0, 0.1) is 5.82 Å². The number of aliphatic hydroxyl groups excluding tert-OH is 1. The fourth-order valence-electron chi connectivity index (χ4n) is 1.59. The monoisotopic (exact) mass is 344 g/mol. The minimum atomic E-state index is -0.573. The third kappa shape index (κ3) is 3.47. The largest absolute Gasteiger partial charge is 0.457 e. The second-order valence-corrected chi connectivity index (χ2v) is 5.30. The minimum Gasteiger partial charge on any atom is -0.457 e. The summed E-state index contributed by atoms with van der Waals surface area (Å²) < 4.78 is 19.5. The van der Waals surface area contributed by atoms with Gasteiger partial charge >= 0.3 is 0 Å². The molecule has 100 valence electrons. The van der Waals surface area contributed by atoms with Gasteiger partial charge in [0.1, 0.15) is 17.3 Å². The molecule has 2 aromatic carbocycles. The van der Waals surface area contributed by atoms with E-state index in [1.165, 1.54) is 12.1 Å². The van der Waals surface area contributed by atoms with Crippen molar-refractivity contribution in [3.05, 3.63) is 57.3 Å². The molecule has 0 spiro atoms. The van der Waals surface area contributed by atoms with Gasteiger partial charge in [-0.15, -0.1) is 0 Å². The van der Waals surface area contributed by atoms with Crippen LogP contribution in [0.15, 0.2) is 40.9 Å². The average molecular weight is 346 g/mol. The van der Waals surface area contributed by atoms with Crippen molar-refractivity contribution < 1.29 is 14.2 Å². The highest BCUT2D eigenvalue weighted by atomic mass is 79.9. The van der Waals surface area contributed by atoms with Crippen LogP contribution in [0.3, 0.4) is 0 Å². The van der Waals surface area contributed by atoms with E-state index in [0.29, 0.717) is 11.5 Å². The maximum absolute atomic E-state index is 13.3. The van der Waals surface area contributed by atoms with E-state index in [2.05, 4.69) is 15.9 Å². The van der Waals surface area contributed by atoms with Crippen molar-refractivity contribution in [1.29, 1.82) is 0 Å². The van der Waals surface area contributed by atoms with Gasteiger partial charge in [0.05, 0.1) is 11.1 Å². The van der Waals surface area contributed by atoms with Gasteiger partial charge in [-0.25, -0.2) is 4.39 Å². The number of hydrogen-bond donors (Lipinski definition) is 1. The molecule has 0 radical (unpaired) electrons. The molecular weight excluding hydrogens is 335 g/mol. The van der Waals surface area contributed by atoms with E-state index in [4.69, 9.17) is 16.3 Å². The first-order valence-electron chi connectivity index (χ1n) is 5.58. The van der Waals surface area contributed by atoms with Crippen molar-refractivity contribution in [3.8, 4) is 11.5 Å². The fourth-order valence-corrected chi connectivity index (χ4v) is 2.39. The smallest absolute Gasteiger partial charge is 0.145 e. The van der Waals surface area contributed by atoms with E-state index in [-0.39, 0.29) is 5.02 Å². The Morgan fingerprint density at radius 3 is 2.42 bits per heavy atom. The third-order valence-corrected chi connectivity index (χ3v) is 3.54. The average Bonchev–Trinajstić information content (AvgIpc) is 2.33. The zero-order valence-electron chi connectivity index (χ0n) is 10.0. The summed E-state index contributed by atoms with van der Waals surface area (Å²) in [5.41, 5.74) is 0.759. The predicted octanol–water partition coefficient (Wildman–Crippen LogP) is 5.09. The Morgan fingerprint density at radius 2 is 1.84 bits per heavy atom. The number of aliphatic hydroxyl groups is 1. The van der Waals surface area contributed by atoms with Crippen molar-refractivity contribution in [2.45, 2.75) is 13.0 Å². The first-order chi connectivity index (χ1) is 8.97. The maximum Gasteiger partial charge on any atom is 0.145 e. The van der Waals surface area contributed by atoms with Gasteiger partial charge in [-0.1, -0.05) is 33.6 Å². The van der Waals surface area contributed by atoms with E-state index in [0.717, 1.165) is 10.0 Å². The lowest BCUT2D eigenvalue weighted by atomic mass is 10.1. The van der Waals surface area contributed by atoms with Crippen LogP contribution >= 0.6 is 27.5 Å². The molecule has 0 saturated heterocycles. The van der Waals surface area contributed by atoms with Crippen LogP contribution in [-0.2, 0) is 0 Å². The van der Waals surface area contributed by atoms with Gasteiger partial charge in [-0.05, 0) is 36.8 Å². The van der Waals surface area contributed by atoms with E-state index >= 15 is 0 Å². The van der Waals surface area contributed by atoms with Crippen molar-refractivity contribution in [3.63, 3.8) is 0 Å². The summed E-state index contributed by atoms with van der Waals surface area (Å²) in [7, 11) is 0. The van der Waals surface area contributed by atoms with Crippen LogP contribution in [0.2, 0.25) is 5.02 Å². The maximum atomic E-state index is 13.3. The Morgan fingerprint density at radius 1 is 1.21 bits per heavy atom. The second-order valence-electron chi connectivity index (χ2n) is 4.04. The molecule has 1 atom stereocenters. The molecule has 0 fully saturated rings. The van der Waals surface area contributed by atoms with Crippen molar-refractivity contribution >= 4 is 27.5 Å². The fraction of sp³-hybridized carbons (Fsp3) is 0.143. The standard InChI is InChI=1S/C14H11BrClFO2/c1-8(18)11-4-2-9(6-12(11)15)19-10-3-5-13(16)14(17)7-10/h2-8,18H,1H3/t8-/m0/s1. The molecule has 0 aliphatic rings. The van der Waals surface area contributed by atoms with Crippen LogP contribution in [0.25, 0.3) is 0 Å². The molecule has 5 heteroatoms. The molecule has 2 rings (SSSR count). The highest BCUT2D eigenvalue weighted by Crippen LogP contribution is 2.31. The molecule has 0 amide bonds. The van der Waals surface area contributed by atoms with Crippen molar-refractivity contribution in [2.75, 3.05) is 0 Å². The molecule has 19 heavy (non-hydrogen) atoms. The third-order valence-electron chi connectivity index (χ3n) is 2.55. The predicted molar refractivity (Wildman–Crippen MR) is 76.3 cm³/mol. The molecule has 0 unspecified atom stereocenters. The van der Waals surface area contributed by atoms with Crippen LogP contribution in [0.4, 0.5) is 4.39 Å². The van der Waals surface area contributed by atoms with Gasteiger partial charge in [-0.2, -0.15) is 0 Å². The Kier molecular flexibility index (Phi) is 4.45.